The predicted molar refractivity (Wildman–Crippen MR) is 133 cm³/mol. The third-order valence-corrected chi connectivity index (χ3v) is 6.16. The van der Waals surface area contributed by atoms with Gasteiger partial charge < -0.3 is 0 Å². The molecule has 0 spiro atoms. The number of aryl methyl sites for hydroxylation is 4. The van der Waals surface area contributed by atoms with Crippen LogP contribution in [-0.4, -0.2) is 9.97 Å². The fraction of sp³-hybridized carbons (Fsp3) is 0.429. The Morgan fingerprint density at radius 1 is 0.645 bits per heavy atom. The van der Waals surface area contributed by atoms with Crippen molar-refractivity contribution in [1.82, 2.24) is 9.97 Å². The Kier molecular flexibility index (Phi) is 9.55. The normalized spacial score (nSPS) is 11.1. The van der Waals surface area contributed by atoms with Gasteiger partial charge in [0.1, 0.15) is 5.82 Å². The first-order valence-electron chi connectivity index (χ1n) is 11.9. The van der Waals surface area contributed by atoms with Crippen LogP contribution in [0.15, 0.2) is 54.9 Å². The molecular formula is C28H35ClN2. The van der Waals surface area contributed by atoms with Crippen molar-refractivity contribution in [3.8, 4) is 11.1 Å². The molecule has 0 bridgehead atoms. The molecule has 164 valence electrons. The molecule has 0 saturated heterocycles. The minimum atomic E-state index is 0.770. The monoisotopic (exact) mass is 434 g/mol. The van der Waals surface area contributed by atoms with E-state index in [4.69, 9.17) is 11.6 Å². The van der Waals surface area contributed by atoms with Crippen LogP contribution in [0.4, 0.5) is 0 Å². The first-order valence-corrected chi connectivity index (χ1v) is 12.2. The molecule has 1 aromatic heterocycles. The lowest BCUT2D eigenvalue weighted by atomic mass is 9.99. The summed E-state index contributed by atoms with van der Waals surface area (Å²) in [6.45, 7) is 4.46. The number of unbranched alkanes of at least 4 members (excludes halogenated alkanes) is 4. The molecule has 0 aliphatic heterocycles. The number of hydrogen-bond acceptors (Lipinski definition) is 2. The molecule has 2 aromatic carbocycles. The highest BCUT2D eigenvalue weighted by Crippen LogP contribution is 2.28. The number of nitrogens with zero attached hydrogens (tertiary/aromatic N) is 2. The second kappa shape index (κ2) is 12.6. The first kappa shape index (κ1) is 23.5. The van der Waals surface area contributed by atoms with Gasteiger partial charge in [-0.1, -0.05) is 87.5 Å². The van der Waals surface area contributed by atoms with Crippen LogP contribution in [0.5, 0.6) is 0 Å². The van der Waals surface area contributed by atoms with Crippen LogP contribution in [0.25, 0.3) is 11.1 Å². The summed E-state index contributed by atoms with van der Waals surface area (Å²) in [6.07, 6.45) is 15.4. The zero-order valence-corrected chi connectivity index (χ0v) is 19.8. The average Bonchev–Trinajstić information content (AvgIpc) is 2.80. The highest BCUT2D eigenvalue weighted by molar-refractivity contribution is 6.33. The molecule has 3 aromatic rings. The van der Waals surface area contributed by atoms with Crippen LogP contribution in [0.3, 0.4) is 0 Å². The van der Waals surface area contributed by atoms with Crippen LogP contribution in [-0.2, 0) is 25.7 Å². The largest absolute Gasteiger partial charge is 0.241 e. The van der Waals surface area contributed by atoms with E-state index in [1.54, 1.807) is 0 Å². The van der Waals surface area contributed by atoms with Crippen LogP contribution in [0, 0.1) is 0 Å². The highest BCUT2D eigenvalue weighted by Gasteiger charge is 2.07. The van der Waals surface area contributed by atoms with Crippen molar-refractivity contribution in [2.24, 2.45) is 0 Å². The Balaban J connectivity index is 1.55. The summed E-state index contributed by atoms with van der Waals surface area (Å²) in [4.78, 5) is 9.05. The van der Waals surface area contributed by atoms with Gasteiger partial charge in [-0.15, -0.1) is 0 Å². The minimum Gasteiger partial charge on any atom is -0.241 e. The van der Waals surface area contributed by atoms with Gasteiger partial charge >= 0.3 is 0 Å². The molecule has 0 aliphatic rings. The number of halogens is 1. The minimum absolute atomic E-state index is 0.770. The Hall–Kier alpha value is -2.19. The molecule has 0 unspecified atom stereocenters. The van der Waals surface area contributed by atoms with Gasteiger partial charge in [-0.2, -0.15) is 0 Å². The molecule has 0 radical (unpaired) electrons. The van der Waals surface area contributed by atoms with Crippen molar-refractivity contribution in [1.29, 1.82) is 0 Å². The van der Waals surface area contributed by atoms with Gasteiger partial charge in [0.2, 0.25) is 0 Å². The van der Waals surface area contributed by atoms with Gasteiger partial charge in [-0.05, 0) is 54.9 Å². The Morgan fingerprint density at radius 2 is 1.19 bits per heavy atom. The lowest BCUT2D eigenvalue weighted by Crippen LogP contribution is -1.96. The van der Waals surface area contributed by atoms with E-state index in [1.807, 2.05) is 12.4 Å². The van der Waals surface area contributed by atoms with Gasteiger partial charge in [-0.25, -0.2) is 9.97 Å². The summed E-state index contributed by atoms with van der Waals surface area (Å²) >= 11 is 6.61. The SMILES string of the molecule is CCCCCc1ccc(CCc2ccc(-c3cnc(CCCCC)nc3)c(Cl)c2)cc1. The third-order valence-electron chi connectivity index (χ3n) is 5.85. The summed E-state index contributed by atoms with van der Waals surface area (Å²) in [7, 11) is 0. The summed E-state index contributed by atoms with van der Waals surface area (Å²) < 4.78 is 0. The molecule has 0 fully saturated rings. The number of aromatic nitrogens is 2. The van der Waals surface area contributed by atoms with E-state index in [0.717, 1.165) is 47.7 Å². The molecule has 3 heteroatoms. The van der Waals surface area contributed by atoms with Gasteiger partial charge in [0, 0.05) is 35.0 Å². The molecule has 3 rings (SSSR count). The number of benzene rings is 2. The molecule has 0 atom stereocenters. The maximum absolute atomic E-state index is 6.61. The molecule has 0 aliphatic carbocycles. The summed E-state index contributed by atoms with van der Waals surface area (Å²) in [5.74, 6) is 0.918. The molecular weight excluding hydrogens is 400 g/mol. The van der Waals surface area contributed by atoms with Crippen LogP contribution in [0.1, 0.15) is 74.9 Å². The molecule has 0 saturated carbocycles. The van der Waals surface area contributed by atoms with Crippen LogP contribution >= 0.6 is 11.6 Å². The lowest BCUT2D eigenvalue weighted by Gasteiger charge is -2.09. The molecule has 1 heterocycles. The Labute approximate surface area is 193 Å². The summed E-state index contributed by atoms with van der Waals surface area (Å²) in [6, 6.07) is 15.5. The van der Waals surface area contributed by atoms with Gasteiger partial charge in [0.15, 0.2) is 0 Å². The van der Waals surface area contributed by atoms with E-state index in [9.17, 15) is 0 Å². The quantitative estimate of drug-likeness (QED) is 0.269. The Morgan fingerprint density at radius 3 is 1.81 bits per heavy atom. The van der Waals surface area contributed by atoms with Gasteiger partial charge in [0.05, 0.1) is 0 Å². The summed E-state index contributed by atoms with van der Waals surface area (Å²) in [5, 5.41) is 0.770. The number of rotatable bonds is 12. The molecule has 0 N–H and O–H groups in total. The van der Waals surface area contributed by atoms with Crippen molar-refractivity contribution in [2.75, 3.05) is 0 Å². The topological polar surface area (TPSA) is 25.8 Å². The number of hydrogen-bond donors (Lipinski definition) is 0. The second-order valence-corrected chi connectivity index (χ2v) is 8.84. The van der Waals surface area contributed by atoms with Gasteiger partial charge in [-0.3, -0.25) is 0 Å². The maximum Gasteiger partial charge on any atom is 0.128 e. The average molecular weight is 435 g/mol. The maximum atomic E-state index is 6.61. The van der Waals surface area contributed by atoms with Crippen molar-refractivity contribution >= 4 is 11.6 Å². The third kappa shape index (κ3) is 7.47. The standard InChI is InChI=1S/C28H35ClN2/c1-3-5-7-9-22-11-13-23(14-12-22)15-16-24-17-18-26(27(29)19-24)25-20-30-28(31-21-25)10-8-6-4-2/h11-14,17-21H,3-10,15-16H2,1-2H3. The predicted octanol–water partition coefficient (Wildman–Crippen LogP) is 8.05. The fourth-order valence-electron chi connectivity index (χ4n) is 3.84. The van der Waals surface area contributed by atoms with Crippen molar-refractivity contribution in [2.45, 2.75) is 78.1 Å². The van der Waals surface area contributed by atoms with E-state index in [-0.39, 0.29) is 0 Å². The van der Waals surface area contributed by atoms with E-state index in [0.29, 0.717) is 0 Å². The van der Waals surface area contributed by atoms with E-state index < -0.39 is 0 Å². The van der Waals surface area contributed by atoms with Crippen LogP contribution in [0.2, 0.25) is 5.02 Å². The second-order valence-electron chi connectivity index (χ2n) is 8.43. The lowest BCUT2D eigenvalue weighted by molar-refractivity contribution is 0.693. The molecule has 2 nitrogen and oxygen atoms in total. The van der Waals surface area contributed by atoms with Crippen LogP contribution < -0.4 is 0 Å². The summed E-state index contributed by atoms with van der Waals surface area (Å²) in [5.41, 5.74) is 6.07. The van der Waals surface area contributed by atoms with E-state index >= 15 is 0 Å². The van der Waals surface area contributed by atoms with E-state index in [2.05, 4.69) is 66.3 Å². The van der Waals surface area contributed by atoms with Crippen molar-refractivity contribution in [3.05, 3.63) is 82.4 Å². The zero-order valence-electron chi connectivity index (χ0n) is 19.0. The highest BCUT2D eigenvalue weighted by atomic mass is 35.5. The first-order chi connectivity index (χ1) is 15.2. The fourth-order valence-corrected chi connectivity index (χ4v) is 4.16. The molecule has 0 amide bonds. The Bertz CT molecular complexity index is 917. The van der Waals surface area contributed by atoms with Gasteiger partial charge in [0.25, 0.3) is 0 Å². The van der Waals surface area contributed by atoms with Crippen molar-refractivity contribution < 1.29 is 0 Å². The van der Waals surface area contributed by atoms with Crippen molar-refractivity contribution in [3.63, 3.8) is 0 Å². The van der Waals surface area contributed by atoms with E-state index in [1.165, 1.54) is 55.2 Å². The molecule has 31 heavy (non-hydrogen) atoms. The zero-order chi connectivity index (χ0) is 21.9. The smallest absolute Gasteiger partial charge is 0.128 e.